The van der Waals surface area contributed by atoms with Crippen LogP contribution in [0.15, 0.2) is 54.6 Å². The second-order valence-electron chi connectivity index (χ2n) is 6.30. The topological polar surface area (TPSA) is 38.3 Å². The van der Waals surface area contributed by atoms with Gasteiger partial charge in [-0.3, -0.25) is 4.79 Å². The van der Waals surface area contributed by atoms with Crippen LogP contribution in [-0.2, 0) is 4.79 Å². The summed E-state index contributed by atoms with van der Waals surface area (Å²) in [6, 6.07) is 15.7. The van der Waals surface area contributed by atoms with Crippen molar-refractivity contribution in [1.82, 2.24) is 0 Å². The van der Waals surface area contributed by atoms with Gasteiger partial charge in [0.15, 0.2) is 0 Å². The summed E-state index contributed by atoms with van der Waals surface area (Å²) in [6.45, 7) is 7.05. The third-order valence-corrected chi connectivity index (χ3v) is 3.93. The third kappa shape index (κ3) is 5.79. The van der Waals surface area contributed by atoms with Gasteiger partial charge in [-0.05, 0) is 36.1 Å². The summed E-state index contributed by atoms with van der Waals surface area (Å²) in [5.41, 5.74) is 2.90. The Bertz CT molecular complexity index is 719. The molecule has 2 aromatic rings. The molecule has 1 amide bonds. The SMILES string of the molecule is CCCCOc1ccccc1/C=C/C(=O)Nc1ccccc1C(C)C. The second-order valence-corrected chi connectivity index (χ2v) is 6.30. The molecule has 132 valence electrons. The number of benzene rings is 2. The standard InChI is InChI=1S/C22H27NO2/c1-4-5-16-25-21-13-9-6-10-18(21)14-15-22(24)23-20-12-8-7-11-19(20)17(2)3/h6-15,17H,4-5,16H2,1-3H3,(H,23,24)/b15-14+. The summed E-state index contributed by atoms with van der Waals surface area (Å²) in [7, 11) is 0. The van der Waals surface area contributed by atoms with Crippen molar-refractivity contribution in [3.05, 3.63) is 65.7 Å². The van der Waals surface area contributed by atoms with Crippen LogP contribution in [0.5, 0.6) is 5.75 Å². The van der Waals surface area contributed by atoms with Crippen molar-refractivity contribution in [2.45, 2.75) is 39.5 Å². The Kier molecular flexibility index (Phi) is 7.27. The van der Waals surface area contributed by atoms with E-state index in [4.69, 9.17) is 4.74 Å². The normalized spacial score (nSPS) is 11.0. The summed E-state index contributed by atoms with van der Waals surface area (Å²) >= 11 is 0. The van der Waals surface area contributed by atoms with Gasteiger partial charge in [0, 0.05) is 17.3 Å². The summed E-state index contributed by atoms with van der Waals surface area (Å²) in [5.74, 6) is 1.02. The van der Waals surface area contributed by atoms with Crippen LogP contribution in [0.4, 0.5) is 5.69 Å². The van der Waals surface area contributed by atoms with Gasteiger partial charge >= 0.3 is 0 Å². The lowest BCUT2D eigenvalue weighted by molar-refractivity contribution is -0.111. The fourth-order valence-corrected chi connectivity index (χ4v) is 2.53. The van der Waals surface area contributed by atoms with E-state index in [1.807, 2.05) is 48.5 Å². The van der Waals surface area contributed by atoms with E-state index >= 15 is 0 Å². The van der Waals surface area contributed by atoms with Crippen LogP contribution in [0.25, 0.3) is 6.08 Å². The minimum Gasteiger partial charge on any atom is -0.493 e. The maximum Gasteiger partial charge on any atom is 0.248 e. The molecule has 0 atom stereocenters. The van der Waals surface area contributed by atoms with Gasteiger partial charge in [0.25, 0.3) is 0 Å². The molecule has 0 radical (unpaired) electrons. The van der Waals surface area contributed by atoms with Crippen molar-refractivity contribution in [3.8, 4) is 5.75 Å². The Morgan fingerprint density at radius 1 is 1.12 bits per heavy atom. The zero-order valence-electron chi connectivity index (χ0n) is 15.3. The van der Waals surface area contributed by atoms with Crippen LogP contribution < -0.4 is 10.1 Å². The van der Waals surface area contributed by atoms with E-state index in [1.54, 1.807) is 12.2 Å². The number of amides is 1. The Morgan fingerprint density at radius 3 is 2.60 bits per heavy atom. The zero-order chi connectivity index (χ0) is 18.1. The van der Waals surface area contributed by atoms with Gasteiger partial charge in [-0.25, -0.2) is 0 Å². The molecule has 2 aromatic carbocycles. The first kappa shape index (κ1) is 18.8. The number of hydrogen-bond donors (Lipinski definition) is 1. The third-order valence-electron chi connectivity index (χ3n) is 3.93. The number of unbranched alkanes of at least 4 members (excludes halogenated alkanes) is 1. The molecule has 25 heavy (non-hydrogen) atoms. The first-order valence-corrected chi connectivity index (χ1v) is 8.91. The van der Waals surface area contributed by atoms with E-state index in [2.05, 4.69) is 26.1 Å². The lowest BCUT2D eigenvalue weighted by Crippen LogP contribution is -2.10. The molecule has 0 unspecified atom stereocenters. The van der Waals surface area contributed by atoms with E-state index in [-0.39, 0.29) is 5.91 Å². The minimum absolute atomic E-state index is 0.142. The summed E-state index contributed by atoms with van der Waals surface area (Å²) in [4.78, 5) is 12.3. The van der Waals surface area contributed by atoms with Crippen LogP contribution in [0.3, 0.4) is 0 Å². The lowest BCUT2D eigenvalue weighted by Gasteiger charge is -2.12. The first-order chi connectivity index (χ1) is 12.1. The fraction of sp³-hybridized carbons (Fsp3) is 0.318. The van der Waals surface area contributed by atoms with Crippen molar-refractivity contribution in [2.24, 2.45) is 0 Å². The number of nitrogens with one attached hydrogen (secondary N) is 1. The molecule has 0 aliphatic rings. The van der Waals surface area contributed by atoms with Gasteiger partial charge in [0.05, 0.1) is 6.61 Å². The van der Waals surface area contributed by atoms with Gasteiger partial charge < -0.3 is 10.1 Å². The number of rotatable bonds is 8. The summed E-state index contributed by atoms with van der Waals surface area (Å²) < 4.78 is 5.80. The fourth-order valence-electron chi connectivity index (χ4n) is 2.53. The highest BCUT2D eigenvalue weighted by Crippen LogP contribution is 2.24. The van der Waals surface area contributed by atoms with Gasteiger partial charge in [0.1, 0.15) is 5.75 Å². The predicted molar refractivity (Wildman–Crippen MR) is 105 cm³/mol. The number of carbonyl (C=O) groups excluding carboxylic acids is 1. The van der Waals surface area contributed by atoms with Crippen molar-refractivity contribution >= 4 is 17.7 Å². The molecular weight excluding hydrogens is 310 g/mol. The number of hydrogen-bond acceptors (Lipinski definition) is 2. The Morgan fingerprint density at radius 2 is 1.84 bits per heavy atom. The monoisotopic (exact) mass is 337 g/mol. The number of ether oxygens (including phenoxy) is 1. The maximum absolute atomic E-state index is 12.3. The van der Waals surface area contributed by atoms with Crippen LogP contribution in [0.1, 0.15) is 50.7 Å². The number of para-hydroxylation sites is 2. The molecule has 1 N–H and O–H groups in total. The molecule has 0 aromatic heterocycles. The Labute approximate surface area is 150 Å². The largest absolute Gasteiger partial charge is 0.493 e. The molecular formula is C22H27NO2. The molecule has 0 bridgehead atoms. The van der Waals surface area contributed by atoms with E-state index in [0.29, 0.717) is 12.5 Å². The van der Waals surface area contributed by atoms with Crippen LogP contribution in [0, 0.1) is 0 Å². The molecule has 0 spiro atoms. The van der Waals surface area contributed by atoms with Crippen molar-refractivity contribution < 1.29 is 9.53 Å². The quantitative estimate of drug-likeness (QED) is 0.500. The van der Waals surface area contributed by atoms with E-state index < -0.39 is 0 Å². The zero-order valence-corrected chi connectivity index (χ0v) is 15.3. The summed E-state index contributed by atoms with van der Waals surface area (Å²) in [6.07, 6.45) is 5.47. The van der Waals surface area contributed by atoms with Crippen LogP contribution in [0.2, 0.25) is 0 Å². The van der Waals surface area contributed by atoms with Crippen molar-refractivity contribution in [1.29, 1.82) is 0 Å². The molecule has 0 aliphatic carbocycles. The highest BCUT2D eigenvalue weighted by Gasteiger charge is 2.07. The molecule has 3 nitrogen and oxygen atoms in total. The molecule has 3 heteroatoms. The van der Waals surface area contributed by atoms with E-state index in [1.165, 1.54) is 0 Å². The van der Waals surface area contributed by atoms with Gasteiger partial charge in [-0.1, -0.05) is 63.6 Å². The smallest absolute Gasteiger partial charge is 0.248 e. The Balaban J connectivity index is 2.06. The first-order valence-electron chi connectivity index (χ1n) is 8.91. The van der Waals surface area contributed by atoms with Crippen LogP contribution >= 0.6 is 0 Å². The van der Waals surface area contributed by atoms with Crippen LogP contribution in [-0.4, -0.2) is 12.5 Å². The molecule has 0 saturated carbocycles. The second kappa shape index (κ2) is 9.67. The Hall–Kier alpha value is -2.55. The average Bonchev–Trinajstić information content (AvgIpc) is 2.61. The van der Waals surface area contributed by atoms with Crippen molar-refractivity contribution in [2.75, 3.05) is 11.9 Å². The predicted octanol–water partition coefficient (Wildman–Crippen LogP) is 5.64. The average molecular weight is 337 g/mol. The van der Waals surface area contributed by atoms with Crippen molar-refractivity contribution in [3.63, 3.8) is 0 Å². The molecule has 0 saturated heterocycles. The van der Waals surface area contributed by atoms with E-state index in [9.17, 15) is 4.79 Å². The summed E-state index contributed by atoms with van der Waals surface area (Å²) in [5, 5.41) is 2.97. The molecule has 0 aliphatic heterocycles. The molecule has 0 heterocycles. The highest BCUT2D eigenvalue weighted by molar-refractivity contribution is 6.02. The number of carbonyl (C=O) groups is 1. The highest BCUT2D eigenvalue weighted by atomic mass is 16.5. The molecule has 0 fully saturated rings. The molecule has 2 rings (SSSR count). The maximum atomic E-state index is 12.3. The number of anilines is 1. The lowest BCUT2D eigenvalue weighted by atomic mass is 10.0. The van der Waals surface area contributed by atoms with E-state index in [0.717, 1.165) is 35.4 Å². The van der Waals surface area contributed by atoms with Gasteiger partial charge in [0.2, 0.25) is 5.91 Å². The van der Waals surface area contributed by atoms with Gasteiger partial charge in [-0.2, -0.15) is 0 Å². The minimum atomic E-state index is -0.142. The van der Waals surface area contributed by atoms with Gasteiger partial charge in [-0.15, -0.1) is 0 Å².